The average Bonchev–Trinajstić information content (AvgIpc) is 2.00. The molecule has 0 amide bonds. The molecule has 0 aromatic heterocycles. The minimum Gasteiger partial charge on any atom is -0.341 e. The van der Waals surface area contributed by atoms with Gasteiger partial charge in [0.25, 0.3) is 0 Å². The zero-order valence-corrected chi connectivity index (χ0v) is 7.30. The van der Waals surface area contributed by atoms with E-state index < -0.39 is 0 Å². The maximum absolute atomic E-state index is 5.17. The Kier molecular flexibility index (Phi) is 5.02. The molecule has 0 fully saturated rings. The first kappa shape index (κ1) is 9.84. The molecule has 0 heterocycles. The first-order valence-corrected chi connectivity index (χ1v) is 3.75. The lowest BCUT2D eigenvalue weighted by Gasteiger charge is -2.17. The Hall–Kier alpha value is -1.16. The van der Waals surface area contributed by atoms with E-state index in [0.29, 0.717) is 6.54 Å². The first-order chi connectivity index (χ1) is 5.26. The summed E-state index contributed by atoms with van der Waals surface area (Å²) in [5, 5.41) is 0. The summed E-state index contributed by atoms with van der Waals surface area (Å²) in [7, 11) is 0. The maximum atomic E-state index is 5.17. The normalized spacial score (nSPS) is 10.5. The molecule has 0 saturated heterocycles. The average molecular weight is 149 g/mol. The number of rotatable bonds is 4. The van der Waals surface area contributed by atoms with Crippen LogP contribution in [0.15, 0.2) is 24.6 Å². The molecule has 60 valence electrons. The van der Waals surface area contributed by atoms with Crippen molar-refractivity contribution in [3.63, 3.8) is 0 Å². The highest BCUT2D eigenvalue weighted by atomic mass is 15.1. The molecule has 0 N–H and O–H groups in total. The highest BCUT2D eigenvalue weighted by Crippen LogP contribution is 2.03. The quantitative estimate of drug-likeness (QED) is 0.555. The van der Waals surface area contributed by atoms with Gasteiger partial charge in [-0.2, -0.15) is 0 Å². The van der Waals surface area contributed by atoms with Crippen LogP contribution < -0.4 is 0 Å². The second kappa shape index (κ2) is 5.61. The molecule has 0 spiro atoms. The minimum absolute atomic E-state index is 0.603. The lowest BCUT2D eigenvalue weighted by Crippen LogP contribution is -2.14. The van der Waals surface area contributed by atoms with Crippen LogP contribution in [0.3, 0.4) is 0 Å². The Balaban J connectivity index is 4.15. The predicted octanol–water partition coefficient (Wildman–Crippen LogP) is 2.38. The Bertz CT molecular complexity index is 184. The van der Waals surface area contributed by atoms with Gasteiger partial charge in [-0.3, -0.25) is 0 Å². The van der Waals surface area contributed by atoms with Crippen LogP contribution in [0, 0.1) is 12.3 Å². The first-order valence-electron chi connectivity index (χ1n) is 3.75. The van der Waals surface area contributed by atoms with Crippen molar-refractivity contribution in [3.8, 4) is 12.3 Å². The van der Waals surface area contributed by atoms with Crippen molar-refractivity contribution >= 4 is 0 Å². The third-order valence-corrected chi connectivity index (χ3v) is 1.43. The van der Waals surface area contributed by atoms with Crippen molar-refractivity contribution in [2.24, 2.45) is 0 Å². The van der Waals surface area contributed by atoms with Crippen LogP contribution in [0.25, 0.3) is 0 Å². The van der Waals surface area contributed by atoms with Gasteiger partial charge in [-0.1, -0.05) is 25.5 Å². The molecule has 1 nitrogen and oxygen atoms in total. The number of hydrogen-bond acceptors (Lipinski definition) is 1. The van der Waals surface area contributed by atoms with Gasteiger partial charge in [-0.25, -0.2) is 0 Å². The summed E-state index contributed by atoms with van der Waals surface area (Å²) in [6.07, 6.45) is 10.1. The summed E-state index contributed by atoms with van der Waals surface area (Å²) in [6, 6.07) is 0. The van der Waals surface area contributed by atoms with E-state index in [9.17, 15) is 0 Å². The van der Waals surface area contributed by atoms with Crippen molar-refractivity contribution in [2.75, 3.05) is 6.54 Å². The Labute approximate surface area is 69.4 Å². The standard InChI is InChI=1S/C10H15N/c1-5-8-10(4)11(7-3)9-6-2/h2,7-8H,3,5,9H2,1,4H3/b10-8+. The fourth-order valence-corrected chi connectivity index (χ4v) is 0.844. The largest absolute Gasteiger partial charge is 0.341 e. The molecule has 0 aromatic carbocycles. The van der Waals surface area contributed by atoms with E-state index in [2.05, 4.69) is 25.5 Å². The van der Waals surface area contributed by atoms with Crippen LogP contribution in [0.5, 0.6) is 0 Å². The molecule has 0 aliphatic carbocycles. The Morgan fingerprint density at radius 1 is 1.73 bits per heavy atom. The SMILES string of the molecule is C#CCN(C=C)/C(C)=C/CC. The Morgan fingerprint density at radius 3 is 2.73 bits per heavy atom. The summed E-state index contributed by atoms with van der Waals surface area (Å²) in [5.74, 6) is 2.57. The molecular weight excluding hydrogens is 134 g/mol. The van der Waals surface area contributed by atoms with Gasteiger partial charge in [0.1, 0.15) is 0 Å². The summed E-state index contributed by atoms with van der Waals surface area (Å²) < 4.78 is 0. The number of terminal acetylenes is 1. The van der Waals surface area contributed by atoms with Gasteiger partial charge in [0.05, 0.1) is 6.54 Å². The van der Waals surface area contributed by atoms with Crippen molar-refractivity contribution < 1.29 is 0 Å². The number of nitrogens with zero attached hydrogens (tertiary/aromatic N) is 1. The summed E-state index contributed by atoms with van der Waals surface area (Å²) in [5.41, 5.74) is 1.17. The van der Waals surface area contributed by atoms with E-state index in [-0.39, 0.29) is 0 Å². The minimum atomic E-state index is 0.603. The van der Waals surface area contributed by atoms with Gasteiger partial charge in [0, 0.05) is 5.70 Å². The lowest BCUT2D eigenvalue weighted by molar-refractivity contribution is 0.525. The smallest absolute Gasteiger partial charge is 0.0831 e. The maximum Gasteiger partial charge on any atom is 0.0831 e. The molecule has 0 unspecified atom stereocenters. The van der Waals surface area contributed by atoms with Crippen molar-refractivity contribution in [1.29, 1.82) is 0 Å². The van der Waals surface area contributed by atoms with Gasteiger partial charge in [0.2, 0.25) is 0 Å². The molecule has 0 saturated carbocycles. The predicted molar refractivity (Wildman–Crippen MR) is 49.8 cm³/mol. The molecule has 0 atom stereocenters. The second-order valence-corrected chi connectivity index (χ2v) is 2.27. The fraction of sp³-hybridized carbons (Fsp3) is 0.400. The van der Waals surface area contributed by atoms with E-state index in [1.165, 1.54) is 5.70 Å². The molecule has 11 heavy (non-hydrogen) atoms. The fourth-order valence-electron chi connectivity index (χ4n) is 0.844. The Morgan fingerprint density at radius 2 is 2.36 bits per heavy atom. The molecule has 0 aromatic rings. The summed E-state index contributed by atoms with van der Waals surface area (Å²) >= 11 is 0. The van der Waals surface area contributed by atoms with Gasteiger partial charge in [-0.05, 0) is 19.5 Å². The van der Waals surface area contributed by atoms with Crippen molar-refractivity contribution in [3.05, 3.63) is 24.6 Å². The molecule has 1 heteroatoms. The number of allylic oxidation sites excluding steroid dienone is 2. The van der Waals surface area contributed by atoms with Crippen LogP contribution >= 0.6 is 0 Å². The molecule has 0 radical (unpaired) electrons. The molecule has 0 aliphatic rings. The summed E-state index contributed by atoms with van der Waals surface area (Å²) in [4.78, 5) is 1.95. The van der Waals surface area contributed by atoms with E-state index >= 15 is 0 Å². The van der Waals surface area contributed by atoms with Crippen LogP contribution in [0.2, 0.25) is 0 Å². The van der Waals surface area contributed by atoms with E-state index in [4.69, 9.17) is 6.42 Å². The third-order valence-electron chi connectivity index (χ3n) is 1.43. The van der Waals surface area contributed by atoms with Crippen LogP contribution in [0.1, 0.15) is 20.3 Å². The monoisotopic (exact) mass is 149 g/mol. The molecule has 0 bridgehead atoms. The summed E-state index contributed by atoms with van der Waals surface area (Å²) in [6.45, 7) is 8.40. The van der Waals surface area contributed by atoms with Crippen LogP contribution in [-0.2, 0) is 0 Å². The van der Waals surface area contributed by atoms with Crippen LogP contribution in [0.4, 0.5) is 0 Å². The molecule has 0 rings (SSSR count). The topological polar surface area (TPSA) is 3.24 Å². The van der Waals surface area contributed by atoms with Gasteiger partial charge < -0.3 is 4.90 Å². The highest BCUT2D eigenvalue weighted by molar-refractivity contribution is 5.05. The van der Waals surface area contributed by atoms with Crippen LogP contribution in [-0.4, -0.2) is 11.4 Å². The van der Waals surface area contributed by atoms with Crippen molar-refractivity contribution in [1.82, 2.24) is 4.90 Å². The lowest BCUT2D eigenvalue weighted by atomic mass is 10.3. The van der Waals surface area contributed by atoms with E-state index in [0.717, 1.165) is 6.42 Å². The van der Waals surface area contributed by atoms with Gasteiger partial charge in [-0.15, -0.1) is 6.42 Å². The third kappa shape index (κ3) is 3.52. The zero-order chi connectivity index (χ0) is 8.69. The zero-order valence-electron chi connectivity index (χ0n) is 7.30. The second-order valence-electron chi connectivity index (χ2n) is 2.27. The van der Waals surface area contributed by atoms with Gasteiger partial charge in [0.15, 0.2) is 0 Å². The van der Waals surface area contributed by atoms with Crippen molar-refractivity contribution in [2.45, 2.75) is 20.3 Å². The molecule has 0 aliphatic heterocycles. The van der Waals surface area contributed by atoms with Gasteiger partial charge >= 0.3 is 0 Å². The van der Waals surface area contributed by atoms with E-state index in [1.807, 2.05) is 11.8 Å². The molecular formula is C10H15N. The highest BCUT2D eigenvalue weighted by Gasteiger charge is 1.95. The van der Waals surface area contributed by atoms with E-state index in [1.54, 1.807) is 6.20 Å². The number of hydrogen-bond donors (Lipinski definition) is 0.